The molecule has 0 radical (unpaired) electrons. The SMILES string of the molecule is CC1CCN(CC2CCCN(C(=O)C3CCN(c4ccccc4[N+](=O)[O-])CC3)C2)CC1. The van der Waals surface area contributed by atoms with Crippen molar-refractivity contribution < 1.29 is 9.72 Å². The van der Waals surface area contributed by atoms with E-state index >= 15 is 0 Å². The van der Waals surface area contributed by atoms with E-state index in [1.54, 1.807) is 12.1 Å². The molecule has 7 nitrogen and oxygen atoms in total. The van der Waals surface area contributed by atoms with Gasteiger partial charge in [-0.05, 0) is 69.5 Å². The van der Waals surface area contributed by atoms with Gasteiger partial charge in [0, 0.05) is 44.7 Å². The van der Waals surface area contributed by atoms with Gasteiger partial charge in [0.05, 0.1) is 4.92 Å². The predicted octanol–water partition coefficient (Wildman–Crippen LogP) is 3.78. The summed E-state index contributed by atoms with van der Waals surface area (Å²) in [6.45, 7) is 9.07. The molecule has 0 bridgehead atoms. The van der Waals surface area contributed by atoms with Crippen LogP contribution in [0.15, 0.2) is 24.3 Å². The van der Waals surface area contributed by atoms with Crippen molar-refractivity contribution in [2.75, 3.05) is 50.7 Å². The van der Waals surface area contributed by atoms with Gasteiger partial charge in [0.1, 0.15) is 5.69 Å². The first-order chi connectivity index (χ1) is 15.0. The molecule has 0 aromatic heterocycles. The molecule has 170 valence electrons. The van der Waals surface area contributed by atoms with Crippen molar-refractivity contribution >= 4 is 17.3 Å². The lowest BCUT2D eigenvalue weighted by Crippen LogP contribution is -2.48. The van der Waals surface area contributed by atoms with Gasteiger partial charge in [-0.15, -0.1) is 0 Å². The van der Waals surface area contributed by atoms with Crippen LogP contribution in [0, 0.1) is 27.9 Å². The highest BCUT2D eigenvalue weighted by atomic mass is 16.6. The van der Waals surface area contributed by atoms with Gasteiger partial charge in [-0.1, -0.05) is 19.1 Å². The van der Waals surface area contributed by atoms with Crippen molar-refractivity contribution in [1.82, 2.24) is 9.80 Å². The number of amides is 1. The lowest BCUT2D eigenvalue weighted by molar-refractivity contribution is -0.384. The fourth-order valence-electron chi connectivity index (χ4n) is 5.54. The fraction of sp³-hybridized carbons (Fsp3) is 0.708. The van der Waals surface area contributed by atoms with Crippen molar-refractivity contribution in [2.45, 2.75) is 45.4 Å². The smallest absolute Gasteiger partial charge is 0.292 e. The average Bonchev–Trinajstić information content (AvgIpc) is 2.80. The Labute approximate surface area is 185 Å². The van der Waals surface area contributed by atoms with Crippen molar-refractivity contribution in [3.05, 3.63) is 34.4 Å². The first kappa shape index (κ1) is 22.1. The number of nitro benzene ring substituents is 1. The summed E-state index contributed by atoms with van der Waals surface area (Å²) in [7, 11) is 0. The van der Waals surface area contributed by atoms with Crippen LogP contribution < -0.4 is 4.90 Å². The van der Waals surface area contributed by atoms with Crippen molar-refractivity contribution in [3.63, 3.8) is 0 Å². The molecule has 1 unspecified atom stereocenters. The Morgan fingerprint density at radius 3 is 2.45 bits per heavy atom. The zero-order chi connectivity index (χ0) is 21.8. The molecule has 0 saturated carbocycles. The third kappa shape index (κ3) is 5.37. The summed E-state index contributed by atoms with van der Waals surface area (Å²) < 4.78 is 0. The molecule has 4 rings (SSSR count). The average molecular weight is 429 g/mol. The fourth-order valence-corrected chi connectivity index (χ4v) is 5.54. The second-order valence-corrected chi connectivity index (χ2v) is 9.78. The number of likely N-dealkylation sites (tertiary alicyclic amines) is 2. The Kier molecular flexibility index (Phi) is 7.10. The van der Waals surface area contributed by atoms with Crippen LogP contribution >= 0.6 is 0 Å². The quantitative estimate of drug-likeness (QED) is 0.527. The molecule has 1 aromatic carbocycles. The van der Waals surface area contributed by atoms with Crippen LogP contribution in [-0.2, 0) is 4.79 Å². The molecule has 0 aliphatic carbocycles. The maximum Gasteiger partial charge on any atom is 0.292 e. The number of nitro groups is 1. The van der Waals surface area contributed by atoms with Gasteiger partial charge in [0.2, 0.25) is 5.91 Å². The molecule has 3 fully saturated rings. The number of carbonyl (C=O) groups is 1. The zero-order valence-electron chi connectivity index (χ0n) is 18.7. The predicted molar refractivity (Wildman–Crippen MR) is 122 cm³/mol. The second kappa shape index (κ2) is 9.98. The molecule has 0 N–H and O–H groups in total. The number of piperidine rings is 3. The van der Waals surface area contributed by atoms with Crippen LogP contribution in [0.5, 0.6) is 0 Å². The molecule has 3 saturated heterocycles. The third-order valence-corrected chi connectivity index (χ3v) is 7.49. The van der Waals surface area contributed by atoms with Crippen LogP contribution in [0.2, 0.25) is 0 Å². The van der Waals surface area contributed by atoms with Gasteiger partial charge in [0.15, 0.2) is 0 Å². The summed E-state index contributed by atoms with van der Waals surface area (Å²) >= 11 is 0. The largest absolute Gasteiger partial charge is 0.366 e. The molecule has 1 amide bonds. The van der Waals surface area contributed by atoms with Gasteiger partial charge < -0.3 is 14.7 Å². The number of hydrogen-bond donors (Lipinski definition) is 0. The Morgan fingerprint density at radius 2 is 1.74 bits per heavy atom. The molecule has 3 aliphatic heterocycles. The minimum atomic E-state index is -0.316. The van der Waals surface area contributed by atoms with E-state index in [2.05, 4.69) is 21.6 Å². The second-order valence-electron chi connectivity index (χ2n) is 9.78. The van der Waals surface area contributed by atoms with Crippen molar-refractivity contribution in [2.24, 2.45) is 17.8 Å². The van der Waals surface area contributed by atoms with Crippen LogP contribution in [-0.4, -0.2) is 66.4 Å². The van der Waals surface area contributed by atoms with E-state index in [9.17, 15) is 14.9 Å². The minimum Gasteiger partial charge on any atom is -0.366 e. The van der Waals surface area contributed by atoms with Gasteiger partial charge >= 0.3 is 0 Å². The highest BCUT2D eigenvalue weighted by Crippen LogP contribution is 2.32. The first-order valence-electron chi connectivity index (χ1n) is 12.0. The molecule has 1 atom stereocenters. The summed E-state index contributed by atoms with van der Waals surface area (Å²) in [4.78, 5) is 31.1. The summed E-state index contributed by atoms with van der Waals surface area (Å²) in [6.07, 6.45) is 6.48. The van der Waals surface area contributed by atoms with E-state index in [4.69, 9.17) is 0 Å². The number of carbonyl (C=O) groups excluding carboxylic acids is 1. The molecular formula is C24H36N4O3. The standard InChI is InChI=1S/C24H36N4O3/c1-19-8-13-25(14-9-19)17-20-5-4-12-27(18-20)24(29)21-10-15-26(16-11-21)22-6-2-3-7-23(22)28(30)31/h2-3,6-7,19-21H,4-5,8-18H2,1H3. The Hall–Kier alpha value is -2.15. The highest BCUT2D eigenvalue weighted by molar-refractivity contribution is 5.79. The van der Waals surface area contributed by atoms with Crippen LogP contribution in [0.1, 0.15) is 45.4 Å². The van der Waals surface area contributed by atoms with E-state index in [-0.39, 0.29) is 16.5 Å². The minimum absolute atomic E-state index is 0.0496. The molecular weight excluding hydrogens is 392 g/mol. The molecule has 0 spiro atoms. The molecule has 31 heavy (non-hydrogen) atoms. The van der Waals surface area contributed by atoms with Crippen LogP contribution in [0.4, 0.5) is 11.4 Å². The van der Waals surface area contributed by atoms with Gasteiger partial charge in [-0.3, -0.25) is 14.9 Å². The Morgan fingerprint density at radius 1 is 1.03 bits per heavy atom. The molecule has 7 heteroatoms. The maximum atomic E-state index is 13.2. The lowest BCUT2D eigenvalue weighted by atomic mass is 9.91. The van der Waals surface area contributed by atoms with Crippen LogP contribution in [0.3, 0.4) is 0 Å². The van der Waals surface area contributed by atoms with Crippen LogP contribution in [0.25, 0.3) is 0 Å². The molecule has 3 aliphatic rings. The number of nitrogens with zero attached hydrogens (tertiary/aromatic N) is 4. The van der Waals surface area contributed by atoms with E-state index in [1.165, 1.54) is 32.4 Å². The lowest BCUT2D eigenvalue weighted by Gasteiger charge is -2.40. The van der Waals surface area contributed by atoms with Crippen molar-refractivity contribution in [1.29, 1.82) is 0 Å². The first-order valence-corrected chi connectivity index (χ1v) is 12.0. The number of para-hydroxylation sites is 2. The third-order valence-electron chi connectivity index (χ3n) is 7.49. The van der Waals surface area contributed by atoms with Gasteiger partial charge in [-0.2, -0.15) is 0 Å². The summed E-state index contributed by atoms with van der Waals surface area (Å²) in [5.74, 6) is 1.80. The maximum absolute atomic E-state index is 13.2. The van der Waals surface area contributed by atoms with Gasteiger partial charge in [0.25, 0.3) is 5.69 Å². The van der Waals surface area contributed by atoms with E-state index in [0.29, 0.717) is 30.6 Å². The summed E-state index contributed by atoms with van der Waals surface area (Å²) in [5, 5.41) is 11.3. The number of rotatable bonds is 5. The Bertz CT molecular complexity index is 770. The van der Waals surface area contributed by atoms with E-state index in [0.717, 1.165) is 44.8 Å². The summed E-state index contributed by atoms with van der Waals surface area (Å²) in [5.41, 5.74) is 0.825. The summed E-state index contributed by atoms with van der Waals surface area (Å²) in [6, 6.07) is 6.92. The van der Waals surface area contributed by atoms with E-state index < -0.39 is 0 Å². The topological polar surface area (TPSA) is 69.9 Å². The Balaban J connectivity index is 1.29. The molecule has 1 aromatic rings. The molecule has 3 heterocycles. The van der Waals surface area contributed by atoms with Gasteiger partial charge in [-0.25, -0.2) is 0 Å². The highest BCUT2D eigenvalue weighted by Gasteiger charge is 2.33. The number of benzene rings is 1. The van der Waals surface area contributed by atoms with E-state index in [1.807, 2.05) is 12.1 Å². The monoisotopic (exact) mass is 428 g/mol. The number of anilines is 1. The van der Waals surface area contributed by atoms with Crippen molar-refractivity contribution in [3.8, 4) is 0 Å². The zero-order valence-corrected chi connectivity index (χ0v) is 18.7. The number of hydrogen-bond acceptors (Lipinski definition) is 5. The normalized spacial score (nSPS) is 24.4.